The Balaban J connectivity index is 2.89. The molecule has 0 aliphatic heterocycles. The van der Waals surface area contributed by atoms with Crippen LogP contribution in [0, 0.1) is 0 Å². The van der Waals surface area contributed by atoms with Gasteiger partial charge in [-0.3, -0.25) is 4.72 Å². The molecule has 0 saturated heterocycles. The summed E-state index contributed by atoms with van der Waals surface area (Å²) in [5.41, 5.74) is 0.419. The van der Waals surface area contributed by atoms with Crippen molar-refractivity contribution in [3.63, 3.8) is 0 Å². The summed E-state index contributed by atoms with van der Waals surface area (Å²) in [6, 6.07) is 4.87. The maximum Gasteiger partial charge on any atom is 0.233 e. The van der Waals surface area contributed by atoms with Crippen molar-refractivity contribution >= 4 is 15.7 Å². The molecule has 0 fully saturated rings. The first-order valence-corrected chi connectivity index (χ1v) is 7.04. The van der Waals surface area contributed by atoms with E-state index in [9.17, 15) is 8.42 Å². The fraction of sp³-hybridized carbons (Fsp3) is 0.455. The molecule has 102 valence electrons. The molecule has 0 spiro atoms. The molecule has 1 aromatic rings. The highest BCUT2D eigenvalue weighted by molar-refractivity contribution is 7.92. The lowest BCUT2D eigenvalue weighted by Crippen LogP contribution is -2.24. The van der Waals surface area contributed by atoms with E-state index in [-0.39, 0.29) is 5.75 Å². The molecule has 0 unspecified atom stereocenters. The molecule has 6 nitrogen and oxygen atoms in total. The Bertz CT molecular complexity index is 466. The van der Waals surface area contributed by atoms with Crippen LogP contribution in [-0.4, -0.2) is 42.0 Å². The zero-order valence-corrected chi connectivity index (χ0v) is 11.5. The summed E-state index contributed by atoms with van der Waals surface area (Å²) in [7, 11) is 1.34. The van der Waals surface area contributed by atoms with Crippen molar-refractivity contribution < 1.29 is 17.9 Å². The fourth-order valence-corrected chi connectivity index (χ4v) is 2.39. The second-order valence-electron chi connectivity index (χ2n) is 3.63. The molecule has 0 bridgehead atoms. The first-order chi connectivity index (χ1) is 8.50. The van der Waals surface area contributed by atoms with Crippen LogP contribution < -0.4 is 19.5 Å². The summed E-state index contributed by atoms with van der Waals surface area (Å²) < 4.78 is 36.1. The Hall–Kier alpha value is -1.47. The maximum absolute atomic E-state index is 11.7. The largest absolute Gasteiger partial charge is 0.497 e. The number of hydrogen-bond donors (Lipinski definition) is 2. The molecule has 0 saturated carbocycles. The Labute approximate surface area is 107 Å². The fourth-order valence-electron chi connectivity index (χ4n) is 1.33. The van der Waals surface area contributed by atoms with Crippen LogP contribution in [0.3, 0.4) is 0 Å². The van der Waals surface area contributed by atoms with Crippen LogP contribution in [0.5, 0.6) is 11.5 Å². The Morgan fingerprint density at radius 1 is 1.11 bits per heavy atom. The van der Waals surface area contributed by atoms with Gasteiger partial charge in [-0.1, -0.05) is 0 Å². The van der Waals surface area contributed by atoms with Crippen molar-refractivity contribution in [2.24, 2.45) is 0 Å². The molecule has 2 N–H and O–H groups in total. The van der Waals surface area contributed by atoms with Gasteiger partial charge in [0.15, 0.2) is 0 Å². The van der Waals surface area contributed by atoms with Crippen molar-refractivity contribution in [1.82, 2.24) is 5.32 Å². The SMILES string of the molecule is CNCCS(=O)(=O)Nc1cc(OC)cc(OC)c1. The Morgan fingerprint density at radius 2 is 1.67 bits per heavy atom. The van der Waals surface area contributed by atoms with Gasteiger partial charge in [-0.05, 0) is 7.05 Å². The number of sulfonamides is 1. The minimum Gasteiger partial charge on any atom is -0.497 e. The number of benzene rings is 1. The van der Waals surface area contributed by atoms with Crippen LogP contribution in [0.15, 0.2) is 18.2 Å². The lowest BCUT2D eigenvalue weighted by molar-refractivity contribution is 0.395. The lowest BCUT2D eigenvalue weighted by atomic mass is 10.3. The lowest BCUT2D eigenvalue weighted by Gasteiger charge is -2.11. The zero-order chi connectivity index (χ0) is 13.6. The van der Waals surface area contributed by atoms with Gasteiger partial charge in [-0.2, -0.15) is 0 Å². The summed E-state index contributed by atoms with van der Waals surface area (Å²) in [6.07, 6.45) is 0. The quantitative estimate of drug-likeness (QED) is 0.764. The van der Waals surface area contributed by atoms with E-state index >= 15 is 0 Å². The third-order valence-corrected chi connectivity index (χ3v) is 3.53. The topological polar surface area (TPSA) is 76.7 Å². The molecule has 0 heterocycles. The number of nitrogens with one attached hydrogen (secondary N) is 2. The van der Waals surface area contributed by atoms with Crippen LogP contribution in [0.2, 0.25) is 0 Å². The molecule has 0 atom stereocenters. The highest BCUT2D eigenvalue weighted by Gasteiger charge is 2.11. The third kappa shape index (κ3) is 4.42. The normalized spacial score (nSPS) is 11.1. The smallest absolute Gasteiger partial charge is 0.233 e. The van der Waals surface area contributed by atoms with Crippen molar-refractivity contribution in [2.45, 2.75) is 0 Å². The molecule has 0 aliphatic carbocycles. The van der Waals surface area contributed by atoms with Gasteiger partial charge in [-0.15, -0.1) is 0 Å². The number of methoxy groups -OCH3 is 2. The minimum absolute atomic E-state index is 0.00300. The van der Waals surface area contributed by atoms with E-state index in [1.807, 2.05) is 0 Å². The van der Waals surface area contributed by atoms with Gasteiger partial charge in [-0.25, -0.2) is 8.42 Å². The summed E-state index contributed by atoms with van der Waals surface area (Å²) >= 11 is 0. The van der Waals surface area contributed by atoms with Gasteiger partial charge < -0.3 is 14.8 Å². The Morgan fingerprint density at radius 3 is 2.11 bits per heavy atom. The average molecular weight is 274 g/mol. The summed E-state index contributed by atoms with van der Waals surface area (Å²) in [6.45, 7) is 0.385. The van der Waals surface area contributed by atoms with Crippen LogP contribution in [-0.2, 0) is 10.0 Å². The molecule has 0 aliphatic rings. The summed E-state index contributed by atoms with van der Waals surface area (Å²) in [5, 5.41) is 2.79. The summed E-state index contributed by atoms with van der Waals surface area (Å²) in [5.74, 6) is 1.06. The Kier molecular flexibility index (Phi) is 5.24. The monoisotopic (exact) mass is 274 g/mol. The molecule has 0 aromatic heterocycles. The van der Waals surface area contributed by atoms with E-state index in [1.54, 1.807) is 25.2 Å². The van der Waals surface area contributed by atoms with E-state index in [2.05, 4.69) is 10.0 Å². The standard InChI is InChI=1S/C11H18N2O4S/c1-12-4-5-18(14,15)13-9-6-10(16-2)8-11(7-9)17-3/h6-8,12-13H,4-5H2,1-3H3. The molecule has 0 amide bonds. The van der Waals surface area contributed by atoms with Gasteiger partial charge in [0.05, 0.1) is 25.7 Å². The van der Waals surface area contributed by atoms with Crippen LogP contribution >= 0.6 is 0 Å². The predicted octanol–water partition coefficient (Wildman–Crippen LogP) is 0.665. The molecular weight excluding hydrogens is 256 g/mol. The van der Waals surface area contributed by atoms with Gasteiger partial charge in [0.1, 0.15) is 11.5 Å². The highest BCUT2D eigenvalue weighted by Crippen LogP contribution is 2.26. The molecule has 1 rings (SSSR count). The second kappa shape index (κ2) is 6.46. The van der Waals surface area contributed by atoms with Gasteiger partial charge >= 0.3 is 0 Å². The van der Waals surface area contributed by atoms with Gasteiger partial charge in [0.25, 0.3) is 0 Å². The van der Waals surface area contributed by atoms with E-state index in [4.69, 9.17) is 9.47 Å². The molecule has 1 aromatic carbocycles. The van der Waals surface area contributed by atoms with Crippen molar-refractivity contribution in [3.8, 4) is 11.5 Å². The van der Waals surface area contributed by atoms with Crippen molar-refractivity contribution in [2.75, 3.05) is 38.3 Å². The number of rotatable bonds is 7. The van der Waals surface area contributed by atoms with Gasteiger partial charge in [0.2, 0.25) is 10.0 Å². The molecule has 7 heteroatoms. The number of hydrogen-bond acceptors (Lipinski definition) is 5. The minimum atomic E-state index is -3.37. The zero-order valence-electron chi connectivity index (χ0n) is 10.7. The van der Waals surface area contributed by atoms with Gasteiger partial charge in [0, 0.05) is 24.7 Å². The van der Waals surface area contributed by atoms with Crippen LogP contribution in [0.1, 0.15) is 0 Å². The van der Waals surface area contributed by atoms with E-state index in [0.717, 1.165) is 0 Å². The van der Waals surface area contributed by atoms with E-state index in [0.29, 0.717) is 23.7 Å². The van der Waals surface area contributed by atoms with Crippen molar-refractivity contribution in [1.29, 1.82) is 0 Å². The molecule has 0 radical (unpaired) electrons. The first kappa shape index (κ1) is 14.6. The third-order valence-electron chi connectivity index (χ3n) is 2.25. The average Bonchev–Trinajstić information content (AvgIpc) is 2.35. The second-order valence-corrected chi connectivity index (χ2v) is 5.47. The molecular formula is C11H18N2O4S. The van der Waals surface area contributed by atoms with Crippen molar-refractivity contribution in [3.05, 3.63) is 18.2 Å². The predicted molar refractivity (Wildman–Crippen MR) is 70.9 cm³/mol. The number of anilines is 1. The highest BCUT2D eigenvalue weighted by atomic mass is 32.2. The number of ether oxygens (including phenoxy) is 2. The summed E-state index contributed by atoms with van der Waals surface area (Å²) in [4.78, 5) is 0. The van der Waals surface area contributed by atoms with Crippen LogP contribution in [0.4, 0.5) is 5.69 Å². The van der Waals surface area contributed by atoms with E-state index < -0.39 is 10.0 Å². The first-order valence-electron chi connectivity index (χ1n) is 5.39. The maximum atomic E-state index is 11.7. The van der Waals surface area contributed by atoms with Crippen LogP contribution in [0.25, 0.3) is 0 Å². The van der Waals surface area contributed by atoms with E-state index in [1.165, 1.54) is 14.2 Å². The molecule has 18 heavy (non-hydrogen) atoms.